The smallest absolute Gasteiger partial charge is 0.251 e. The first-order chi connectivity index (χ1) is 13.3. The molecule has 2 aliphatic heterocycles. The number of rotatable bonds is 6. The van der Waals surface area contributed by atoms with E-state index in [1.54, 1.807) is 7.11 Å². The van der Waals surface area contributed by atoms with Crippen LogP contribution in [0.15, 0.2) is 30.5 Å². The van der Waals surface area contributed by atoms with Crippen LogP contribution in [0.25, 0.3) is 10.9 Å². The highest BCUT2D eigenvalue weighted by atomic mass is 16.5. The molecule has 27 heavy (non-hydrogen) atoms. The van der Waals surface area contributed by atoms with E-state index in [-0.39, 0.29) is 5.91 Å². The van der Waals surface area contributed by atoms with Crippen molar-refractivity contribution in [1.29, 1.82) is 0 Å². The quantitative estimate of drug-likeness (QED) is 0.850. The number of benzene rings is 1. The van der Waals surface area contributed by atoms with Crippen molar-refractivity contribution < 1.29 is 9.53 Å². The largest absolute Gasteiger partial charge is 0.383 e. The molecule has 0 unspecified atom stereocenters. The maximum absolute atomic E-state index is 12.8. The summed E-state index contributed by atoms with van der Waals surface area (Å²) < 4.78 is 7.34. The van der Waals surface area contributed by atoms with Crippen LogP contribution >= 0.6 is 0 Å². The molecule has 5 heteroatoms. The Hall–Kier alpha value is -1.85. The summed E-state index contributed by atoms with van der Waals surface area (Å²) in [5.74, 6) is 0.640. The molecule has 0 radical (unpaired) electrons. The van der Waals surface area contributed by atoms with Crippen molar-refractivity contribution in [1.82, 2.24) is 14.8 Å². The van der Waals surface area contributed by atoms with Crippen LogP contribution in [0.1, 0.15) is 42.5 Å². The van der Waals surface area contributed by atoms with Crippen LogP contribution in [0.2, 0.25) is 0 Å². The Morgan fingerprint density at radius 3 is 2.96 bits per heavy atom. The van der Waals surface area contributed by atoms with E-state index in [0.717, 1.165) is 29.6 Å². The van der Waals surface area contributed by atoms with E-state index in [4.69, 9.17) is 4.74 Å². The van der Waals surface area contributed by atoms with E-state index in [9.17, 15) is 4.79 Å². The molecule has 2 fully saturated rings. The molecule has 2 saturated heterocycles. The van der Waals surface area contributed by atoms with Crippen molar-refractivity contribution >= 4 is 16.8 Å². The lowest BCUT2D eigenvalue weighted by Crippen LogP contribution is -2.51. The molecule has 0 saturated carbocycles. The predicted octanol–water partition coefficient (Wildman–Crippen LogP) is 3.28. The minimum absolute atomic E-state index is 0.0457. The van der Waals surface area contributed by atoms with Gasteiger partial charge in [-0.2, -0.15) is 0 Å². The van der Waals surface area contributed by atoms with E-state index < -0.39 is 0 Å². The van der Waals surface area contributed by atoms with Crippen LogP contribution in [0.3, 0.4) is 0 Å². The Kier molecular flexibility index (Phi) is 5.79. The van der Waals surface area contributed by atoms with Crippen LogP contribution in [0.4, 0.5) is 0 Å². The van der Waals surface area contributed by atoms with Gasteiger partial charge in [0.2, 0.25) is 0 Å². The lowest BCUT2D eigenvalue weighted by Gasteiger charge is -2.44. The molecule has 2 aliphatic rings. The number of nitrogens with one attached hydrogen (secondary N) is 1. The predicted molar refractivity (Wildman–Crippen MR) is 108 cm³/mol. The molecule has 3 heterocycles. The number of carbonyl (C=O) groups is 1. The number of aromatic nitrogens is 1. The average Bonchev–Trinajstić information content (AvgIpc) is 3.12. The minimum Gasteiger partial charge on any atom is -0.383 e. The molecule has 0 spiro atoms. The van der Waals surface area contributed by atoms with Crippen LogP contribution in [-0.2, 0) is 11.3 Å². The third-order valence-corrected chi connectivity index (χ3v) is 6.33. The van der Waals surface area contributed by atoms with Gasteiger partial charge in [0, 0.05) is 43.5 Å². The zero-order valence-corrected chi connectivity index (χ0v) is 16.3. The summed E-state index contributed by atoms with van der Waals surface area (Å²) in [6.07, 6.45) is 8.51. The summed E-state index contributed by atoms with van der Waals surface area (Å²) in [6, 6.07) is 8.74. The molecule has 1 aromatic carbocycles. The fraction of sp³-hybridized carbons (Fsp3) is 0.591. The van der Waals surface area contributed by atoms with Crippen LogP contribution in [0.5, 0.6) is 0 Å². The minimum atomic E-state index is 0.0457. The van der Waals surface area contributed by atoms with Crippen molar-refractivity contribution in [3.63, 3.8) is 0 Å². The van der Waals surface area contributed by atoms with Gasteiger partial charge in [0.05, 0.1) is 6.61 Å². The standard InChI is InChI=1S/C22H31N3O2/c1-27-14-13-25-12-9-17-7-8-18(15-21(17)25)22(26)23-16-19-5-4-11-24-10-3-2-6-20(19)24/h7-9,12,15,19-20H,2-6,10-11,13-14,16H2,1H3,(H,23,26)/t19-,20-/m1/s1. The molecule has 0 bridgehead atoms. The monoisotopic (exact) mass is 369 g/mol. The highest BCUT2D eigenvalue weighted by molar-refractivity contribution is 5.98. The number of piperidine rings is 2. The van der Waals surface area contributed by atoms with Crippen molar-refractivity contribution in [3.8, 4) is 0 Å². The van der Waals surface area contributed by atoms with E-state index in [1.807, 2.05) is 18.2 Å². The number of carbonyl (C=O) groups excluding carboxylic acids is 1. The Morgan fingerprint density at radius 1 is 1.19 bits per heavy atom. The number of nitrogens with zero attached hydrogens (tertiary/aromatic N) is 2. The molecular weight excluding hydrogens is 338 g/mol. The van der Waals surface area contributed by atoms with E-state index >= 15 is 0 Å². The van der Waals surface area contributed by atoms with Gasteiger partial charge in [0.15, 0.2) is 0 Å². The van der Waals surface area contributed by atoms with Gasteiger partial charge in [-0.3, -0.25) is 4.79 Å². The number of methoxy groups -OCH3 is 1. The number of fused-ring (bicyclic) bond motifs is 2. The van der Waals surface area contributed by atoms with E-state index in [2.05, 4.69) is 27.0 Å². The van der Waals surface area contributed by atoms with Gasteiger partial charge in [-0.05, 0) is 68.3 Å². The maximum Gasteiger partial charge on any atom is 0.251 e. The molecule has 0 aliphatic carbocycles. The Bertz CT molecular complexity index is 783. The summed E-state index contributed by atoms with van der Waals surface area (Å²) in [6.45, 7) is 4.74. The van der Waals surface area contributed by atoms with Crippen molar-refractivity contribution in [2.75, 3.05) is 33.4 Å². The number of amides is 1. The maximum atomic E-state index is 12.8. The molecule has 4 rings (SSSR count). The molecule has 5 nitrogen and oxygen atoms in total. The van der Waals surface area contributed by atoms with Crippen LogP contribution in [0, 0.1) is 5.92 Å². The van der Waals surface area contributed by atoms with Gasteiger partial charge in [0.1, 0.15) is 0 Å². The highest BCUT2D eigenvalue weighted by Gasteiger charge is 2.32. The Balaban J connectivity index is 1.41. The topological polar surface area (TPSA) is 46.5 Å². The normalized spacial score (nSPS) is 23.3. The third kappa shape index (κ3) is 4.04. The molecule has 2 aromatic rings. The summed E-state index contributed by atoms with van der Waals surface area (Å²) in [4.78, 5) is 15.4. The van der Waals surface area contributed by atoms with E-state index in [1.165, 1.54) is 45.2 Å². The van der Waals surface area contributed by atoms with Gasteiger partial charge in [-0.25, -0.2) is 0 Å². The first kappa shape index (κ1) is 18.5. The molecule has 1 amide bonds. The first-order valence-corrected chi connectivity index (χ1v) is 10.4. The number of hydrogen-bond acceptors (Lipinski definition) is 3. The van der Waals surface area contributed by atoms with Crippen LogP contribution in [-0.4, -0.2) is 54.8 Å². The zero-order chi connectivity index (χ0) is 18.6. The van der Waals surface area contributed by atoms with Crippen molar-refractivity contribution in [2.24, 2.45) is 5.92 Å². The third-order valence-electron chi connectivity index (χ3n) is 6.33. The molecule has 146 valence electrons. The zero-order valence-electron chi connectivity index (χ0n) is 16.3. The average molecular weight is 370 g/mol. The van der Waals surface area contributed by atoms with E-state index in [0.29, 0.717) is 18.6 Å². The summed E-state index contributed by atoms with van der Waals surface area (Å²) in [5, 5.41) is 4.38. The van der Waals surface area contributed by atoms with Crippen molar-refractivity contribution in [2.45, 2.75) is 44.7 Å². The lowest BCUT2D eigenvalue weighted by molar-refractivity contribution is 0.0575. The lowest BCUT2D eigenvalue weighted by atomic mass is 9.83. The first-order valence-electron chi connectivity index (χ1n) is 10.4. The van der Waals surface area contributed by atoms with Gasteiger partial charge < -0.3 is 19.5 Å². The molecule has 2 atom stereocenters. The van der Waals surface area contributed by atoms with Gasteiger partial charge in [-0.1, -0.05) is 12.5 Å². The summed E-state index contributed by atoms with van der Waals surface area (Å²) in [5.41, 5.74) is 1.84. The van der Waals surface area contributed by atoms with Gasteiger partial charge in [0.25, 0.3) is 5.91 Å². The Morgan fingerprint density at radius 2 is 2.07 bits per heavy atom. The van der Waals surface area contributed by atoms with Gasteiger partial charge in [-0.15, -0.1) is 0 Å². The second-order valence-electron chi connectivity index (χ2n) is 7.99. The summed E-state index contributed by atoms with van der Waals surface area (Å²) >= 11 is 0. The van der Waals surface area contributed by atoms with Crippen molar-refractivity contribution in [3.05, 3.63) is 36.0 Å². The number of hydrogen-bond donors (Lipinski definition) is 1. The molecule has 1 aromatic heterocycles. The molecule has 1 N–H and O–H groups in total. The second-order valence-corrected chi connectivity index (χ2v) is 7.99. The second kappa shape index (κ2) is 8.44. The molecular formula is C22H31N3O2. The van der Waals surface area contributed by atoms with Crippen LogP contribution < -0.4 is 5.32 Å². The fourth-order valence-corrected chi connectivity index (χ4v) is 4.85. The fourth-order valence-electron chi connectivity index (χ4n) is 4.85. The highest BCUT2D eigenvalue weighted by Crippen LogP contribution is 2.30. The summed E-state index contributed by atoms with van der Waals surface area (Å²) in [7, 11) is 1.71. The number of ether oxygens (including phenoxy) is 1. The Labute approximate surface area is 161 Å². The van der Waals surface area contributed by atoms with Gasteiger partial charge >= 0.3 is 0 Å². The SMILES string of the molecule is COCCn1ccc2ccc(C(=O)NC[C@H]3CCCN4CCCC[C@H]34)cc21.